The molecule has 0 radical (unpaired) electrons. The van der Waals surface area contributed by atoms with Crippen molar-refractivity contribution in [1.29, 1.82) is 0 Å². The van der Waals surface area contributed by atoms with Gasteiger partial charge in [-0.25, -0.2) is 13.8 Å². The summed E-state index contributed by atoms with van der Waals surface area (Å²) in [6.45, 7) is 1.47. The number of hydrogen-bond acceptors (Lipinski definition) is 4. The second kappa shape index (κ2) is 10.5. The van der Waals surface area contributed by atoms with Crippen LogP contribution < -0.4 is 10.1 Å². The maximum Gasteiger partial charge on any atom is 0.221 e. The molecule has 0 unspecified atom stereocenters. The fourth-order valence-electron chi connectivity index (χ4n) is 4.29. The Hall–Kier alpha value is -4.65. The van der Waals surface area contributed by atoms with Crippen molar-refractivity contribution in [3.8, 4) is 16.9 Å². The Kier molecular flexibility index (Phi) is 6.85. The summed E-state index contributed by atoms with van der Waals surface area (Å²) in [5.74, 6) is -1.50. The Morgan fingerprint density at radius 1 is 0.892 bits per heavy atom. The Morgan fingerprint density at radius 2 is 1.70 bits per heavy atom. The molecule has 1 N–H and O–H groups in total. The van der Waals surface area contributed by atoms with E-state index in [1.807, 2.05) is 42.5 Å². The third-order valence-corrected chi connectivity index (χ3v) is 5.93. The highest BCUT2D eigenvalue weighted by Gasteiger charge is 2.23. The molecule has 0 atom stereocenters. The quantitative estimate of drug-likeness (QED) is 0.273. The highest BCUT2D eigenvalue weighted by molar-refractivity contribution is 5.92. The molecule has 5 aromatic rings. The van der Waals surface area contributed by atoms with Crippen LogP contribution in [-0.2, 0) is 17.8 Å². The number of carbonyl (C=O) groups is 1. The number of fused-ring (bicyclic) bond motifs is 1. The molecule has 184 valence electrons. The predicted molar refractivity (Wildman–Crippen MR) is 139 cm³/mol. The zero-order valence-corrected chi connectivity index (χ0v) is 20.0. The molecule has 7 heteroatoms. The number of aromatic nitrogens is 2. The third kappa shape index (κ3) is 5.30. The number of ether oxygens (including phenoxy) is 1. The second-order valence-corrected chi connectivity index (χ2v) is 8.56. The Morgan fingerprint density at radius 3 is 2.46 bits per heavy atom. The maximum absolute atomic E-state index is 15.2. The number of nitrogens with one attached hydrogen (secondary N) is 1. The van der Waals surface area contributed by atoms with Crippen molar-refractivity contribution in [2.75, 3.05) is 5.32 Å². The summed E-state index contributed by atoms with van der Waals surface area (Å²) in [7, 11) is 0. The first-order valence-electron chi connectivity index (χ1n) is 11.7. The SMILES string of the molecule is CC(=O)Nc1ccc(OCc2ccc3ccccc3n2)c(-c2c(F)cccc2F)c1Cc1cccnc1. The van der Waals surface area contributed by atoms with Gasteiger partial charge in [0.05, 0.1) is 16.8 Å². The minimum atomic E-state index is -0.735. The first kappa shape index (κ1) is 24.1. The third-order valence-electron chi connectivity index (χ3n) is 5.93. The van der Waals surface area contributed by atoms with Gasteiger partial charge in [0.2, 0.25) is 5.91 Å². The standard InChI is InChI=1S/C30H23F2N3O2/c1-19(36)34-27-13-14-28(37-18-22-12-11-21-7-2-3-10-26(21)35-22)29(30-24(31)8-4-9-25(30)32)23(27)16-20-6-5-15-33-17-20/h2-15,17H,16,18H2,1H3,(H,34,36). The van der Waals surface area contributed by atoms with E-state index in [4.69, 9.17) is 4.74 Å². The molecule has 5 nitrogen and oxygen atoms in total. The lowest BCUT2D eigenvalue weighted by atomic mass is 9.92. The van der Waals surface area contributed by atoms with Crippen LogP contribution in [0, 0.1) is 11.6 Å². The van der Waals surface area contributed by atoms with E-state index in [1.54, 1.807) is 30.6 Å². The summed E-state index contributed by atoms with van der Waals surface area (Å²) >= 11 is 0. The van der Waals surface area contributed by atoms with Crippen molar-refractivity contribution < 1.29 is 18.3 Å². The van der Waals surface area contributed by atoms with Crippen molar-refractivity contribution >= 4 is 22.5 Å². The molecule has 0 bridgehead atoms. The van der Waals surface area contributed by atoms with E-state index < -0.39 is 11.6 Å². The molecule has 2 aromatic heterocycles. The number of rotatable bonds is 7. The largest absolute Gasteiger partial charge is 0.487 e. The first-order valence-corrected chi connectivity index (χ1v) is 11.7. The Balaban J connectivity index is 1.64. The molecule has 0 spiro atoms. The number of nitrogens with zero attached hydrogens (tertiary/aromatic N) is 2. The van der Waals surface area contributed by atoms with Crippen LogP contribution in [0.1, 0.15) is 23.7 Å². The number of pyridine rings is 2. The molecule has 0 aliphatic carbocycles. The van der Waals surface area contributed by atoms with Crippen molar-refractivity contribution in [3.05, 3.63) is 120 Å². The molecule has 0 saturated heterocycles. The first-order chi connectivity index (χ1) is 18.0. The summed E-state index contributed by atoms with van der Waals surface area (Å²) < 4.78 is 36.5. The predicted octanol–water partition coefficient (Wildman–Crippen LogP) is 6.70. The van der Waals surface area contributed by atoms with E-state index in [9.17, 15) is 4.79 Å². The van der Waals surface area contributed by atoms with Crippen LogP contribution in [0.5, 0.6) is 5.75 Å². The average molecular weight is 496 g/mol. The van der Waals surface area contributed by atoms with Crippen LogP contribution in [0.25, 0.3) is 22.0 Å². The fraction of sp³-hybridized carbons (Fsp3) is 0.100. The van der Waals surface area contributed by atoms with Crippen LogP contribution in [0.4, 0.5) is 14.5 Å². The van der Waals surface area contributed by atoms with Gasteiger partial charge < -0.3 is 10.1 Å². The Bertz CT molecular complexity index is 1570. The zero-order valence-electron chi connectivity index (χ0n) is 20.0. The second-order valence-electron chi connectivity index (χ2n) is 8.56. The van der Waals surface area contributed by atoms with E-state index in [1.165, 1.54) is 25.1 Å². The van der Waals surface area contributed by atoms with E-state index in [-0.39, 0.29) is 35.8 Å². The van der Waals surface area contributed by atoms with Crippen LogP contribution in [0.15, 0.2) is 91.3 Å². The molecule has 0 fully saturated rings. The van der Waals surface area contributed by atoms with Gasteiger partial charge in [-0.15, -0.1) is 0 Å². The Labute approximate surface area is 212 Å². The van der Waals surface area contributed by atoms with E-state index in [2.05, 4.69) is 15.3 Å². The monoisotopic (exact) mass is 495 g/mol. The van der Waals surface area contributed by atoms with E-state index in [0.29, 0.717) is 16.9 Å². The fourth-order valence-corrected chi connectivity index (χ4v) is 4.29. The lowest BCUT2D eigenvalue weighted by Gasteiger charge is -2.20. The molecule has 5 rings (SSSR count). The molecular weight excluding hydrogens is 472 g/mol. The molecule has 1 amide bonds. The minimum absolute atomic E-state index is 0.0831. The molecule has 0 saturated carbocycles. The van der Waals surface area contributed by atoms with Crippen molar-refractivity contribution in [2.45, 2.75) is 20.0 Å². The number of para-hydroxylation sites is 1. The average Bonchev–Trinajstić information content (AvgIpc) is 2.89. The van der Waals surface area contributed by atoms with E-state index >= 15 is 8.78 Å². The van der Waals surface area contributed by atoms with Gasteiger partial charge in [0, 0.05) is 42.4 Å². The van der Waals surface area contributed by atoms with Crippen molar-refractivity contribution in [3.63, 3.8) is 0 Å². The lowest BCUT2D eigenvalue weighted by Crippen LogP contribution is -2.11. The highest BCUT2D eigenvalue weighted by Crippen LogP contribution is 2.41. The minimum Gasteiger partial charge on any atom is -0.487 e. The van der Waals surface area contributed by atoms with Crippen LogP contribution in [-0.4, -0.2) is 15.9 Å². The van der Waals surface area contributed by atoms with Crippen LogP contribution in [0.2, 0.25) is 0 Å². The summed E-state index contributed by atoms with van der Waals surface area (Å²) in [6, 6.07) is 22.2. The maximum atomic E-state index is 15.2. The van der Waals surface area contributed by atoms with Gasteiger partial charge >= 0.3 is 0 Å². The summed E-state index contributed by atoms with van der Waals surface area (Å²) in [5, 5.41) is 3.79. The summed E-state index contributed by atoms with van der Waals surface area (Å²) in [4.78, 5) is 20.8. The van der Waals surface area contributed by atoms with Crippen LogP contribution in [0.3, 0.4) is 0 Å². The molecule has 37 heavy (non-hydrogen) atoms. The number of hydrogen-bond donors (Lipinski definition) is 1. The van der Waals surface area contributed by atoms with Gasteiger partial charge in [-0.2, -0.15) is 0 Å². The van der Waals surface area contributed by atoms with Crippen molar-refractivity contribution in [2.24, 2.45) is 0 Å². The van der Waals surface area contributed by atoms with Crippen molar-refractivity contribution in [1.82, 2.24) is 9.97 Å². The van der Waals surface area contributed by atoms with Gasteiger partial charge in [0.1, 0.15) is 24.0 Å². The number of carbonyl (C=O) groups excluding carboxylic acids is 1. The number of halogens is 2. The lowest BCUT2D eigenvalue weighted by molar-refractivity contribution is -0.114. The molecule has 3 aromatic carbocycles. The normalized spacial score (nSPS) is 10.9. The van der Waals surface area contributed by atoms with Gasteiger partial charge in [-0.1, -0.05) is 36.4 Å². The number of amides is 1. The smallest absolute Gasteiger partial charge is 0.221 e. The topological polar surface area (TPSA) is 64.1 Å². The highest BCUT2D eigenvalue weighted by atomic mass is 19.1. The summed E-state index contributed by atoms with van der Waals surface area (Å²) in [6.07, 6.45) is 3.58. The molecule has 0 aliphatic rings. The zero-order chi connectivity index (χ0) is 25.8. The van der Waals surface area contributed by atoms with E-state index in [0.717, 1.165) is 16.5 Å². The van der Waals surface area contributed by atoms with Crippen LogP contribution >= 0.6 is 0 Å². The van der Waals surface area contributed by atoms with Gasteiger partial charge in [0.25, 0.3) is 0 Å². The van der Waals surface area contributed by atoms with Gasteiger partial charge in [-0.05, 0) is 53.6 Å². The van der Waals surface area contributed by atoms with Gasteiger partial charge in [-0.3, -0.25) is 9.78 Å². The molecule has 2 heterocycles. The molecular formula is C30H23F2N3O2. The molecule has 0 aliphatic heterocycles. The number of benzene rings is 3. The van der Waals surface area contributed by atoms with Gasteiger partial charge in [0.15, 0.2) is 0 Å². The summed E-state index contributed by atoms with van der Waals surface area (Å²) in [5.41, 5.74) is 3.24. The number of anilines is 1.